The van der Waals surface area contributed by atoms with Crippen LogP contribution in [0.4, 0.5) is 0 Å². The molecule has 2 aromatic heterocycles. The zero-order chi connectivity index (χ0) is 64.2. The summed E-state index contributed by atoms with van der Waals surface area (Å²) in [6.07, 6.45) is 4.95. The van der Waals surface area contributed by atoms with E-state index in [-0.39, 0.29) is 16.2 Å². The molecule has 12 aromatic carbocycles. The summed E-state index contributed by atoms with van der Waals surface area (Å²) in [5.74, 6) is 5.33. The van der Waals surface area contributed by atoms with Crippen LogP contribution in [0.1, 0.15) is 92.4 Å². The Morgan fingerprint density at radius 3 is 0.918 bits per heavy atom. The van der Waals surface area contributed by atoms with E-state index in [1.165, 1.54) is 97.2 Å². The highest BCUT2D eigenvalue weighted by molar-refractivity contribution is 5.91. The van der Waals surface area contributed by atoms with Crippen LogP contribution >= 0.6 is 0 Å². The molecule has 97 heavy (non-hydrogen) atoms. The minimum absolute atomic E-state index is 0.0771. The Balaban J connectivity index is 0.729. The third-order valence-corrected chi connectivity index (χ3v) is 23.8. The fourth-order valence-corrected chi connectivity index (χ4v) is 20.2. The van der Waals surface area contributed by atoms with Crippen molar-refractivity contribution in [1.82, 2.24) is 29.9 Å². The van der Waals surface area contributed by atoms with Gasteiger partial charge in [-0.15, -0.1) is 0 Å². The third-order valence-electron chi connectivity index (χ3n) is 23.8. The molecule has 0 amide bonds. The highest BCUT2D eigenvalue weighted by Gasteiger charge is 2.94. The lowest BCUT2D eigenvalue weighted by Crippen LogP contribution is -2.93. The van der Waals surface area contributed by atoms with Crippen molar-refractivity contribution in [3.05, 3.63) is 370 Å². The van der Waals surface area contributed by atoms with Crippen molar-refractivity contribution in [2.24, 2.45) is 17.3 Å². The van der Waals surface area contributed by atoms with Gasteiger partial charge in [-0.2, -0.15) is 0 Å². The first kappa shape index (κ1) is 56.0. The standard InChI is InChI=1S/C91H66N6/c1-57-23-21-29-61(47-57)83-92-81(59-25-9-3-10-26-59)94-85(96-83)63-39-43-73-75-52-69(41-45-77(75)89(79(73)49-63,65-31-13-5-14-32-65)66-33-15-6-16-34-66)87-54-71-51-72-55-88(56-87,91(71,72)87)70-42-46-78-76(53-70)74-44-40-64(50-80(74)90(78,67-35-17-7-18-36-67)68-37-19-8-20-38-68)86-95-82(60-27-11-4-12-28-60)93-84(97-86)62-30-22-24-58(2)48-62/h3-50,52-53,71-72H,51,54-56H2,1-2H3/t71-,72?,87?,88?,91?/m1/s1. The van der Waals surface area contributed by atoms with Crippen molar-refractivity contribution >= 4 is 0 Å². The van der Waals surface area contributed by atoms with E-state index in [1.807, 2.05) is 12.1 Å². The topological polar surface area (TPSA) is 77.3 Å². The number of fused-ring (bicyclic) bond motifs is 6. The number of nitrogens with zero attached hydrogens (tertiary/aromatic N) is 6. The quantitative estimate of drug-likeness (QED) is 0.121. The normalized spacial score (nSPS) is 21.0. The predicted octanol–water partition coefficient (Wildman–Crippen LogP) is 20.4. The van der Waals surface area contributed by atoms with Gasteiger partial charge < -0.3 is 0 Å². The molecule has 6 aliphatic rings. The molecular formula is C91H66N6. The van der Waals surface area contributed by atoms with E-state index >= 15 is 0 Å². The van der Waals surface area contributed by atoms with Crippen molar-refractivity contribution in [2.75, 3.05) is 0 Å². The van der Waals surface area contributed by atoms with Crippen LogP contribution < -0.4 is 0 Å². The first-order valence-corrected chi connectivity index (χ1v) is 34.4. The summed E-state index contributed by atoms with van der Waals surface area (Å²) < 4.78 is 0. The third kappa shape index (κ3) is 7.67. The van der Waals surface area contributed by atoms with Gasteiger partial charge >= 0.3 is 0 Å². The summed E-state index contributed by atoms with van der Waals surface area (Å²) in [4.78, 5) is 31.5. The SMILES string of the molecule is Cc1cccc(-c2nc(-c3ccccc3)nc(-c3ccc4c(c3)C(c3ccccc3)(c3ccccc3)c3ccc(C56CC7C[C@@H]8CC(c9ccc%10c(c9)-c9ccc(-c%11nc(-c%12ccccc%12)nc(-c%12cccc(C)c%12)n%11)cc9C%10(c9ccccc9)c9ccccc9)(C5)C786)cc3-4)n2)c1. The van der Waals surface area contributed by atoms with Gasteiger partial charge in [0, 0.05) is 44.2 Å². The second kappa shape index (κ2) is 20.8. The lowest BCUT2D eigenvalue weighted by molar-refractivity contribution is -0.412. The van der Waals surface area contributed by atoms with Crippen LogP contribution in [0.15, 0.2) is 303 Å². The zero-order valence-electron chi connectivity index (χ0n) is 54.0. The second-order valence-electron chi connectivity index (χ2n) is 28.3. The summed E-state index contributed by atoms with van der Waals surface area (Å²) in [6, 6.07) is 112. The Hall–Kier alpha value is -11.3. The molecule has 5 atom stereocenters. The number of rotatable bonds is 12. The number of benzene rings is 12. The largest absolute Gasteiger partial charge is 0.208 e. The minimum atomic E-state index is -0.621. The fourth-order valence-electron chi connectivity index (χ4n) is 20.2. The first-order chi connectivity index (χ1) is 47.8. The molecule has 0 N–H and O–H groups in total. The molecule has 20 rings (SSSR count). The summed E-state index contributed by atoms with van der Waals surface area (Å²) in [7, 11) is 0. The highest BCUT2D eigenvalue weighted by Crippen LogP contribution is 2.97. The molecule has 4 unspecified atom stereocenters. The number of aryl methyl sites for hydroxylation is 2. The lowest BCUT2D eigenvalue weighted by Gasteiger charge is -2.96. The smallest absolute Gasteiger partial charge is 0.164 e. The summed E-state index contributed by atoms with van der Waals surface area (Å²) >= 11 is 0. The fraction of sp³-hybridized carbons (Fsp3) is 0.143. The van der Waals surface area contributed by atoms with Gasteiger partial charge in [-0.3, -0.25) is 0 Å². The first-order valence-electron chi connectivity index (χ1n) is 34.4. The highest BCUT2D eigenvalue weighted by atomic mass is 15.0. The predicted molar refractivity (Wildman–Crippen MR) is 388 cm³/mol. The molecule has 0 saturated heterocycles. The molecular weight excluding hydrogens is 1180 g/mol. The molecule has 460 valence electrons. The zero-order valence-corrected chi connectivity index (χ0v) is 54.0. The maximum atomic E-state index is 5.33. The van der Waals surface area contributed by atoms with Gasteiger partial charge in [0.25, 0.3) is 0 Å². The maximum Gasteiger partial charge on any atom is 0.164 e. The lowest BCUT2D eigenvalue weighted by atomic mass is 9.07. The molecule has 0 aliphatic heterocycles. The van der Waals surface area contributed by atoms with E-state index in [0.29, 0.717) is 46.8 Å². The van der Waals surface area contributed by atoms with E-state index in [0.717, 1.165) is 50.9 Å². The summed E-state index contributed by atoms with van der Waals surface area (Å²) in [5.41, 5.74) is 25.4. The Morgan fingerprint density at radius 1 is 0.258 bits per heavy atom. The minimum Gasteiger partial charge on any atom is -0.208 e. The van der Waals surface area contributed by atoms with Crippen LogP contribution in [-0.4, -0.2) is 29.9 Å². The van der Waals surface area contributed by atoms with Crippen molar-refractivity contribution < 1.29 is 0 Å². The average molecular weight is 1240 g/mol. The van der Waals surface area contributed by atoms with Crippen molar-refractivity contribution in [1.29, 1.82) is 0 Å². The molecule has 4 saturated carbocycles. The van der Waals surface area contributed by atoms with Gasteiger partial charge in [0.2, 0.25) is 0 Å². The Bertz CT molecular complexity index is 5100. The van der Waals surface area contributed by atoms with E-state index in [2.05, 4.69) is 305 Å². The van der Waals surface area contributed by atoms with Gasteiger partial charge in [0.1, 0.15) is 0 Å². The van der Waals surface area contributed by atoms with Gasteiger partial charge in [-0.05, 0) is 159 Å². The van der Waals surface area contributed by atoms with Gasteiger partial charge in [0.15, 0.2) is 34.9 Å². The monoisotopic (exact) mass is 1240 g/mol. The van der Waals surface area contributed by atoms with Crippen LogP contribution in [-0.2, 0) is 21.7 Å². The van der Waals surface area contributed by atoms with Crippen LogP contribution in [0.5, 0.6) is 0 Å². The van der Waals surface area contributed by atoms with Crippen LogP contribution in [0.25, 0.3) is 90.6 Å². The molecule has 14 aromatic rings. The Labute approximate surface area is 565 Å². The summed E-state index contributed by atoms with van der Waals surface area (Å²) in [6.45, 7) is 4.24. The van der Waals surface area contributed by atoms with Crippen LogP contribution in [0.3, 0.4) is 0 Å². The van der Waals surface area contributed by atoms with E-state index in [9.17, 15) is 0 Å². The van der Waals surface area contributed by atoms with Gasteiger partial charge in [-0.25, -0.2) is 29.9 Å². The van der Waals surface area contributed by atoms with E-state index in [4.69, 9.17) is 29.9 Å². The van der Waals surface area contributed by atoms with E-state index < -0.39 is 10.8 Å². The van der Waals surface area contributed by atoms with Crippen LogP contribution in [0.2, 0.25) is 0 Å². The Morgan fingerprint density at radius 2 is 0.577 bits per heavy atom. The number of aromatic nitrogens is 6. The van der Waals surface area contributed by atoms with Crippen LogP contribution in [0, 0.1) is 31.1 Å². The molecule has 1 spiro atoms. The van der Waals surface area contributed by atoms with Gasteiger partial charge in [-0.1, -0.05) is 290 Å². The molecule has 6 heteroatoms. The van der Waals surface area contributed by atoms with Gasteiger partial charge in [0.05, 0.1) is 10.8 Å². The maximum absolute atomic E-state index is 5.33. The average Bonchev–Trinajstić information content (AvgIpc) is 1.59. The number of hydrogen-bond acceptors (Lipinski definition) is 6. The second-order valence-corrected chi connectivity index (χ2v) is 28.3. The Kier molecular flexibility index (Phi) is 12.0. The van der Waals surface area contributed by atoms with Crippen molar-refractivity contribution in [3.63, 3.8) is 0 Å². The molecule has 0 bridgehead atoms. The molecule has 6 aliphatic carbocycles. The summed E-state index contributed by atoms with van der Waals surface area (Å²) in [5, 5.41) is 0. The number of hydrogen-bond donors (Lipinski definition) is 0. The molecule has 6 nitrogen and oxygen atoms in total. The van der Waals surface area contributed by atoms with E-state index in [1.54, 1.807) is 0 Å². The molecule has 0 radical (unpaired) electrons. The van der Waals surface area contributed by atoms with Crippen molar-refractivity contribution in [2.45, 2.75) is 61.2 Å². The molecule has 4 fully saturated rings. The van der Waals surface area contributed by atoms with Crippen molar-refractivity contribution in [3.8, 4) is 90.6 Å². The molecule has 2 heterocycles.